The highest BCUT2D eigenvalue weighted by Gasteiger charge is 2.23. The Morgan fingerprint density at radius 3 is 1.48 bits per heavy atom. The van der Waals surface area contributed by atoms with Crippen LogP contribution in [0, 0.1) is 20.8 Å². The first-order valence-electron chi connectivity index (χ1n) is 30.4. The van der Waals surface area contributed by atoms with E-state index in [1.54, 1.807) is 5.56 Å². The van der Waals surface area contributed by atoms with Crippen LogP contribution in [-0.4, -0.2) is 9.13 Å². The third-order valence-electron chi connectivity index (χ3n) is 17.0. The maximum absolute atomic E-state index is 5.88. The first-order chi connectivity index (χ1) is 41.7. The van der Waals surface area contributed by atoms with E-state index in [1.807, 2.05) is 18.2 Å². The van der Waals surface area contributed by atoms with Gasteiger partial charge in [-0.15, -0.1) is 0 Å². The van der Waals surface area contributed by atoms with Crippen molar-refractivity contribution in [3.8, 4) is 44.8 Å². The summed E-state index contributed by atoms with van der Waals surface area (Å²) in [6.45, 7) is 11.1. The standard InChI is InChI=1S/C43H30N2.C17H20.C12H13N.C10H12/c1-29-24-34(44-40-18-10-8-16-36(40)37-17-9-11-19-41(37)44)28-35(25-29)45-42-22-20-32(30-12-4-2-5-13-30)26-38(42)39-27-33(21-23-43(39)45)31-14-6-3-7-15-31;1-4-13(2)15-10-7-8-12-17(15)16-11-6-5-9-14(16)3;13-12-9-5-4-8-11(12)10-6-2-1-3-7-10;1-8-3-2-4-10(7-8)9-5-6-9/h2-28H,1H3;5-13H,4H2,1-3H3;2,4-9H,1,3,13H2;2-4,7,9H,5-6H2,1H3. The van der Waals surface area contributed by atoms with E-state index in [0.717, 1.165) is 35.7 Å². The molecule has 1 saturated carbocycles. The number of aryl methyl sites for hydroxylation is 3. The average molecular weight is 1100 g/mol. The molecule has 3 heteroatoms. The van der Waals surface area contributed by atoms with Gasteiger partial charge < -0.3 is 14.9 Å². The number of rotatable bonds is 9. The molecule has 0 saturated heterocycles. The fraction of sp³-hybridized carbons (Fsp3) is 0.146. The molecule has 0 amide bonds. The third kappa shape index (κ3) is 12.2. The van der Waals surface area contributed by atoms with Crippen molar-refractivity contribution >= 4 is 54.9 Å². The molecule has 85 heavy (non-hydrogen) atoms. The van der Waals surface area contributed by atoms with Crippen LogP contribution >= 0.6 is 0 Å². The van der Waals surface area contributed by atoms with Crippen LogP contribution in [0.4, 0.5) is 5.69 Å². The summed E-state index contributed by atoms with van der Waals surface area (Å²) >= 11 is 0. The van der Waals surface area contributed by atoms with Crippen LogP contribution in [-0.2, 0) is 0 Å². The molecule has 0 radical (unpaired) electrons. The minimum atomic E-state index is 0.616. The van der Waals surface area contributed by atoms with Gasteiger partial charge in [-0.05, 0) is 187 Å². The van der Waals surface area contributed by atoms with Crippen molar-refractivity contribution in [2.75, 3.05) is 5.73 Å². The zero-order chi connectivity index (χ0) is 58.2. The Bertz CT molecular complexity index is 4380. The van der Waals surface area contributed by atoms with E-state index in [2.05, 4.69) is 305 Å². The van der Waals surface area contributed by atoms with Gasteiger partial charge in [0.15, 0.2) is 0 Å². The lowest BCUT2D eigenvalue weighted by molar-refractivity contribution is 0.735. The zero-order valence-corrected chi connectivity index (χ0v) is 49.7. The van der Waals surface area contributed by atoms with E-state index in [-0.39, 0.29) is 0 Å². The molecule has 2 aromatic heterocycles. The van der Waals surface area contributed by atoms with Gasteiger partial charge in [0.05, 0.1) is 22.1 Å². The minimum absolute atomic E-state index is 0.616. The number of anilines is 1. The van der Waals surface area contributed by atoms with Crippen molar-refractivity contribution in [1.82, 2.24) is 9.13 Å². The number of nitrogen functional groups attached to an aromatic ring is 1. The fourth-order valence-corrected chi connectivity index (χ4v) is 12.3. The molecule has 1 unspecified atom stereocenters. The molecule has 2 N–H and O–H groups in total. The lowest BCUT2D eigenvalue weighted by Crippen LogP contribution is -2.00. The number of hydrogen-bond acceptors (Lipinski definition) is 1. The van der Waals surface area contributed by atoms with Crippen molar-refractivity contribution in [2.24, 2.45) is 0 Å². The van der Waals surface area contributed by atoms with Gasteiger partial charge in [0.2, 0.25) is 0 Å². The Morgan fingerprint density at radius 2 is 0.941 bits per heavy atom. The molecule has 1 atom stereocenters. The molecule has 0 aliphatic heterocycles. The highest BCUT2D eigenvalue weighted by Crippen LogP contribution is 2.41. The minimum Gasteiger partial charge on any atom is -0.398 e. The monoisotopic (exact) mass is 1100 g/mol. The maximum Gasteiger partial charge on any atom is 0.0541 e. The predicted molar refractivity (Wildman–Crippen MR) is 366 cm³/mol. The van der Waals surface area contributed by atoms with Crippen LogP contribution in [0.3, 0.4) is 0 Å². The van der Waals surface area contributed by atoms with Crippen molar-refractivity contribution < 1.29 is 0 Å². The van der Waals surface area contributed by atoms with Crippen molar-refractivity contribution in [3.63, 3.8) is 0 Å². The number of para-hydroxylation sites is 3. The summed E-state index contributed by atoms with van der Waals surface area (Å²) in [4.78, 5) is 0. The first kappa shape index (κ1) is 55.8. The highest BCUT2D eigenvalue weighted by atomic mass is 15.0. The van der Waals surface area contributed by atoms with Crippen LogP contribution in [0.1, 0.15) is 91.2 Å². The number of benzene rings is 11. The lowest BCUT2D eigenvalue weighted by atomic mass is 9.89. The molecule has 13 aromatic rings. The number of allylic oxidation sites excluding steroid dienone is 4. The highest BCUT2D eigenvalue weighted by molar-refractivity contribution is 6.12. The second kappa shape index (κ2) is 25.4. The molecule has 11 aromatic carbocycles. The molecular formula is C82H75N3. The van der Waals surface area contributed by atoms with Gasteiger partial charge in [0.25, 0.3) is 0 Å². The van der Waals surface area contributed by atoms with E-state index in [0.29, 0.717) is 5.92 Å². The summed E-state index contributed by atoms with van der Waals surface area (Å²) in [5, 5.41) is 5.05. The lowest BCUT2D eigenvalue weighted by Gasteiger charge is -2.16. The molecule has 2 aliphatic carbocycles. The number of nitrogens with two attached hydrogens (primary N) is 1. The molecule has 0 spiro atoms. The summed E-state index contributed by atoms with van der Waals surface area (Å²) in [6, 6.07) is 93.8. The van der Waals surface area contributed by atoms with E-state index >= 15 is 0 Å². The normalized spacial score (nSPS) is 13.1. The van der Waals surface area contributed by atoms with E-state index in [9.17, 15) is 0 Å². The number of hydrogen-bond donors (Lipinski definition) is 1. The average Bonchev–Trinajstić information content (AvgIpc) is 3.02. The molecule has 418 valence electrons. The number of fused-ring (bicyclic) bond motifs is 6. The van der Waals surface area contributed by atoms with E-state index in [4.69, 9.17) is 5.73 Å². The van der Waals surface area contributed by atoms with Gasteiger partial charge in [-0.25, -0.2) is 0 Å². The summed E-state index contributed by atoms with van der Waals surface area (Å²) < 4.78 is 4.86. The molecule has 3 nitrogen and oxygen atoms in total. The van der Waals surface area contributed by atoms with Gasteiger partial charge in [-0.2, -0.15) is 0 Å². The Balaban J connectivity index is 0.000000143. The van der Waals surface area contributed by atoms with Gasteiger partial charge in [0, 0.05) is 44.2 Å². The molecule has 0 bridgehead atoms. The van der Waals surface area contributed by atoms with Gasteiger partial charge in [-0.1, -0.05) is 238 Å². The summed E-state index contributed by atoms with van der Waals surface area (Å²) in [7, 11) is 0. The van der Waals surface area contributed by atoms with E-state index in [1.165, 1.54) is 130 Å². The Morgan fingerprint density at radius 1 is 0.424 bits per heavy atom. The molecular weight excluding hydrogens is 1030 g/mol. The molecule has 15 rings (SSSR count). The van der Waals surface area contributed by atoms with Crippen LogP contribution in [0.25, 0.3) is 93.9 Å². The largest absolute Gasteiger partial charge is 0.398 e. The second-order valence-electron chi connectivity index (χ2n) is 23.1. The smallest absolute Gasteiger partial charge is 0.0541 e. The molecule has 1 fully saturated rings. The summed E-state index contributed by atoms with van der Waals surface area (Å²) in [5.41, 5.74) is 30.9. The molecule has 2 aliphatic rings. The fourth-order valence-electron chi connectivity index (χ4n) is 12.3. The van der Waals surface area contributed by atoms with Crippen LogP contribution in [0.15, 0.2) is 279 Å². The second-order valence-corrected chi connectivity index (χ2v) is 23.1. The SMILES string of the molecule is CCC(C)c1ccccc1-c1ccccc1C.Cc1cc(-n2c3ccccc3c3ccccc32)cc(-n2c3ccc(-c4ccccc4)cc3c3cc(-c4ccccc4)ccc32)c1.Cc1cccc(C2CC2)c1.Nc1ccccc1C1=CCCC=C1. The predicted octanol–water partition coefficient (Wildman–Crippen LogP) is 22.6. The summed E-state index contributed by atoms with van der Waals surface area (Å²) in [6.07, 6.45) is 12.9. The van der Waals surface area contributed by atoms with Gasteiger partial charge in [0.1, 0.15) is 0 Å². The Labute approximate surface area is 502 Å². The van der Waals surface area contributed by atoms with E-state index < -0.39 is 0 Å². The quantitative estimate of drug-likeness (QED) is 0.144. The Hall–Kier alpha value is -9.70. The van der Waals surface area contributed by atoms with Gasteiger partial charge >= 0.3 is 0 Å². The topological polar surface area (TPSA) is 35.9 Å². The first-order valence-corrected chi connectivity index (χ1v) is 30.4. The summed E-state index contributed by atoms with van der Waals surface area (Å²) in [5.74, 6) is 1.52. The van der Waals surface area contributed by atoms with Crippen LogP contribution in [0.2, 0.25) is 0 Å². The Kier molecular flexibility index (Phi) is 16.7. The third-order valence-corrected chi connectivity index (χ3v) is 17.0. The van der Waals surface area contributed by atoms with Crippen molar-refractivity contribution in [2.45, 2.75) is 78.6 Å². The maximum atomic E-state index is 5.88. The van der Waals surface area contributed by atoms with Gasteiger partial charge in [-0.3, -0.25) is 0 Å². The van der Waals surface area contributed by atoms with Crippen molar-refractivity contribution in [1.29, 1.82) is 0 Å². The number of nitrogens with zero attached hydrogens (tertiary/aromatic N) is 2. The van der Waals surface area contributed by atoms with Crippen LogP contribution in [0.5, 0.6) is 0 Å². The number of aromatic nitrogens is 2. The van der Waals surface area contributed by atoms with Crippen molar-refractivity contribution in [3.05, 3.63) is 312 Å². The zero-order valence-electron chi connectivity index (χ0n) is 49.7. The van der Waals surface area contributed by atoms with Crippen LogP contribution < -0.4 is 5.73 Å². The molecule has 2 heterocycles.